The summed E-state index contributed by atoms with van der Waals surface area (Å²) >= 11 is 0. The number of rotatable bonds is 5. The number of benzene rings is 2. The fourth-order valence-corrected chi connectivity index (χ4v) is 3.42. The maximum atomic E-state index is 14.5. The number of nitrogens with one attached hydrogen (secondary N) is 1. The van der Waals surface area contributed by atoms with Crippen LogP contribution < -0.4 is 5.32 Å². The molecule has 0 spiro atoms. The van der Waals surface area contributed by atoms with Gasteiger partial charge in [-0.2, -0.15) is 13.2 Å². The van der Waals surface area contributed by atoms with E-state index in [0.29, 0.717) is 16.5 Å². The Hall–Kier alpha value is -3.00. The van der Waals surface area contributed by atoms with E-state index < -0.39 is 29.4 Å². The number of aliphatic hydroxyl groups excluding tert-OH is 1. The Balaban J connectivity index is 1.98. The maximum absolute atomic E-state index is 14.5. The summed E-state index contributed by atoms with van der Waals surface area (Å²) in [4.78, 5) is 17.2. The second-order valence-electron chi connectivity index (χ2n) is 8.35. The number of pyridine rings is 1. The van der Waals surface area contributed by atoms with Gasteiger partial charge in [0.2, 0.25) is 0 Å². The van der Waals surface area contributed by atoms with E-state index in [-0.39, 0.29) is 28.9 Å². The molecule has 2 N–H and O–H groups in total. The van der Waals surface area contributed by atoms with E-state index in [1.54, 1.807) is 32.0 Å². The van der Waals surface area contributed by atoms with Crippen molar-refractivity contribution in [1.29, 1.82) is 0 Å². The molecule has 3 rings (SSSR count). The Morgan fingerprint density at radius 2 is 1.84 bits per heavy atom. The number of hydrogen-bond acceptors (Lipinski definition) is 3. The molecule has 8 heteroatoms. The van der Waals surface area contributed by atoms with Crippen LogP contribution in [-0.2, 0) is 12.0 Å². The van der Waals surface area contributed by atoms with Gasteiger partial charge in [0.1, 0.15) is 11.2 Å². The minimum absolute atomic E-state index is 0.0956. The van der Waals surface area contributed by atoms with Crippen molar-refractivity contribution < 1.29 is 27.5 Å². The zero-order valence-electron chi connectivity index (χ0n) is 18.1. The number of amides is 1. The number of aryl methyl sites for hydroxylation is 1. The largest absolute Gasteiger partial charge is 0.399 e. The SMILES string of the molecule is Cc1cc(C(C)NC(=O)c2cccc3ccc(C(C)(C)C(F)(F)F)nc23)c(F)cc1CO. The van der Waals surface area contributed by atoms with Crippen LogP contribution in [0.15, 0.2) is 42.5 Å². The molecular formula is C24H24F4N2O2. The summed E-state index contributed by atoms with van der Waals surface area (Å²) in [5, 5.41) is 12.5. The topological polar surface area (TPSA) is 62.2 Å². The van der Waals surface area contributed by atoms with Gasteiger partial charge in [0.15, 0.2) is 0 Å². The summed E-state index contributed by atoms with van der Waals surface area (Å²) < 4.78 is 55.0. The first kappa shape index (κ1) is 23.7. The van der Waals surface area contributed by atoms with Gasteiger partial charge in [-0.3, -0.25) is 9.78 Å². The van der Waals surface area contributed by atoms with E-state index in [9.17, 15) is 27.5 Å². The first-order valence-electron chi connectivity index (χ1n) is 10.0. The van der Waals surface area contributed by atoms with Crippen molar-refractivity contribution in [3.8, 4) is 0 Å². The molecule has 3 aromatic rings. The van der Waals surface area contributed by atoms with Gasteiger partial charge in [0.05, 0.1) is 29.4 Å². The van der Waals surface area contributed by atoms with Gasteiger partial charge in [-0.15, -0.1) is 0 Å². The van der Waals surface area contributed by atoms with E-state index >= 15 is 0 Å². The summed E-state index contributed by atoms with van der Waals surface area (Å²) in [7, 11) is 0. The van der Waals surface area contributed by atoms with Gasteiger partial charge < -0.3 is 10.4 Å². The van der Waals surface area contributed by atoms with Crippen molar-refractivity contribution in [2.75, 3.05) is 0 Å². The van der Waals surface area contributed by atoms with Gasteiger partial charge in [-0.05, 0) is 57.0 Å². The lowest BCUT2D eigenvalue weighted by molar-refractivity contribution is -0.181. The zero-order chi connectivity index (χ0) is 23.8. The third-order valence-corrected chi connectivity index (χ3v) is 5.75. The van der Waals surface area contributed by atoms with Crippen molar-refractivity contribution in [3.63, 3.8) is 0 Å². The molecule has 0 saturated heterocycles. The quantitative estimate of drug-likeness (QED) is 0.507. The van der Waals surface area contributed by atoms with Crippen molar-refractivity contribution in [2.45, 2.75) is 51.9 Å². The molecule has 1 heterocycles. The minimum Gasteiger partial charge on any atom is -0.392 e. The fraction of sp³-hybridized carbons (Fsp3) is 0.333. The first-order valence-corrected chi connectivity index (χ1v) is 10.0. The molecule has 0 fully saturated rings. The van der Waals surface area contributed by atoms with Gasteiger partial charge in [0, 0.05) is 10.9 Å². The smallest absolute Gasteiger partial charge is 0.392 e. The lowest BCUT2D eigenvalue weighted by Crippen LogP contribution is -2.37. The van der Waals surface area contributed by atoms with Crippen molar-refractivity contribution >= 4 is 16.8 Å². The van der Waals surface area contributed by atoms with E-state index in [4.69, 9.17) is 0 Å². The number of carbonyl (C=O) groups is 1. The summed E-state index contributed by atoms with van der Waals surface area (Å²) in [6.07, 6.45) is -4.52. The summed E-state index contributed by atoms with van der Waals surface area (Å²) in [6.45, 7) is 5.09. The normalized spacial score (nSPS) is 13.3. The number of para-hydroxylation sites is 1. The highest BCUT2D eigenvalue weighted by molar-refractivity contribution is 6.05. The number of aromatic nitrogens is 1. The average molecular weight is 448 g/mol. The second-order valence-corrected chi connectivity index (χ2v) is 8.35. The standard InChI is InChI=1S/C24H24F4N2O2/c1-13-10-18(19(25)11-16(13)12-31)14(2)29-22(32)17-7-5-6-15-8-9-20(30-21(15)17)23(3,4)24(26,27)28/h5-11,14,31H,12H2,1-4H3,(H,29,32). The molecule has 1 amide bonds. The van der Waals surface area contributed by atoms with Gasteiger partial charge in [0.25, 0.3) is 5.91 Å². The number of carbonyl (C=O) groups excluding carboxylic acids is 1. The monoisotopic (exact) mass is 448 g/mol. The second kappa shape index (κ2) is 8.50. The van der Waals surface area contributed by atoms with E-state index in [0.717, 1.165) is 13.8 Å². The molecule has 1 unspecified atom stereocenters. The van der Waals surface area contributed by atoms with Crippen LogP contribution in [0.3, 0.4) is 0 Å². The minimum atomic E-state index is -4.52. The first-order chi connectivity index (χ1) is 14.9. The van der Waals surface area contributed by atoms with Crippen molar-refractivity contribution in [3.05, 3.63) is 76.2 Å². The van der Waals surface area contributed by atoms with Crippen LogP contribution >= 0.6 is 0 Å². The molecule has 2 aromatic carbocycles. The van der Waals surface area contributed by atoms with E-state index in [1.165, 1.54) is 24.3 Å². The van der Waals surface area contributed by atoms with Crippen LogP contribution in [0, 0.1) is 12.7 Å². The van der Waals surface area contributed by atoms with Crippen LogP contribution in [0.2, 0.25) is 0 Å². The molecule has 32 heavy (non-hydrogen) atoms. The Kier molecular flexibility index (Phi) is 6.29. The summed E-state index contributed by atoms with van der Waals surface area (Å²) in [6, 6.07) is 9.60. The molecule has 0 bridgehead atoms. The van der Waals surface area contributed by atoms with E-state index in [2.05, 4.69) is 10.3 Å². The highest BCUT2D eigenvalue weighted by atomic mass is 19.4. The van der Waals surface area contributed by atoms with Crippen LogP contribution in [0.5, 0.6) is 0 Å². The molecule has 0 aliphatic carbocycles. The third-order valence-electron chi connectivity index (χ3n) is 5.75. The average Bonchev–Trinajstić information content (AvgIpc) is 2.73. The van der Waals surface area contributed by atoms with E-state index in [1.807, 2.05) is 0 Å². The van der Waals surface area contributed by atoms with Crippen LogP contribution in [0.1, 0.15) is 59.6 Å². The lowest BCUT2D eigenvalue weighted by Gasteiger charge is -2.27. The predicted molar refractivity (Wildman–Crippen MR) is 114 cm³/mol. The van der Waals surface area contributed by atoms with Gasteiger partial charge in [-0.25, -0.2) is 4.39 Å². The third kappa shape index (κ3) is 4.32. The summed E-state index contributed by atoms with van der Waals surface area (Å²) in [5.74, 6) is -1.15. The summed E-state index contributed by atoms with van der Waals surface area (Å²) in [5.41, 5.74) is -0.809. The Morgan fingerprint density at radius 1 is 1.16 bits per heavy atom. The Labute approximate surface area is 183 Å². The predicted octanol–water partition coefficient (Wildman–Crippen LogP) is 5.51. The number of alkyl halides is 3. The molecule has 1 atom stereocenters. The van der Waals surface area contributed by atoms with Crippen molar-refractivity contribution in [2.24, 2.45) is 0 Å². The Morgan fingerprint density at radius 3 is 2.47 bits per heavy atom. The Bertz CT molecular complexity index is 1170. The maximum Gasteiger partial charge on any atom is 0.399 e. The van der Waals surface area contributed by atoms with Crippen LogP contribution in [-0.4, -0.2) is 22.2 Å². The fourth-order valence-electron chi connectivity index (χ4n) is 3.42. The molecular weight excluding hydrogens is 424 g/mol. The number of nitrogens with zero attached hydrogens (tertiary/aromatic N) is 1. The molecule has 0 saturated carbocycles. The van der Waals surface area contributed by atoms with Gasteiger partial charge in [-0.1, -0.05) is 24.3 Å². The highest BCUT2D eigenvalue weighted by Crippen LogP contribution is 2.40. The number of fused-ring (bicyclic) bond motifs is 1. The zero-order valence-corrected chi connectivity index (χ0v) is 18.1. The molecule has 0 radical (unpaired) electrons. The van der Waals surface area contributed by atoms with Crippen molar-refractivity contribution in [1.82, 2.24) is 10.3 Å². The molecule has 0 aliphatic heterocycles. The molecule has 4 nitrogen and oxygen atoms in total. The molecule has 170 valence electrons. The number of aliphatic hydroxyl groups is 1. The van der Waals surface area contributed by atoms with Crippen LogP contribution in [0.4, 0.5) is 17.6 Å². The number of halogens is 4. The molecule has 0 aliphatic rings. The van der Waals surface area contributed by atoms with Gasteiger partial charge >= 0.3 is 6.18 Å². The number of hydrogen-bond donors (Lipinski definition) is 2. The molecule has 1 aromatic heterocycles. The lowest BCUT2D eigenvalue weighted by atomic mass is 9.87. The highest BCUT2D eigenvalue weighted by Gasteiger charge is 2.49. The van der Waals surface area contributed by atoms with Crippen LogP contribution in [0.25, 0.3) is 10.9 Å².